The minimum absolute atomic E-state index is 0.185. The van der Waals surface area contributed by atoms with E-state index in [1.54, 1.807) is 0 Å². The third kappa shape index (κ3) is 7.61. The summed E-state index contributed by atoms with van der Waals surface area (Å²) in [6.07, 6.45) is 12.9. The van der Waals surface area contributed by atoms with E-state index in [9.17, 15) is 4.79 Å². The summed E-state index contributed by atoms with van der Waals surface area (Å²) in [5.74, 6) is 0.479. The van der Waals surface area contributed by atoms with Crippen LogP contribution in [0, 0.1) is 0 Å². The standard InChI is InChI=1S/C26H32O3/c1-4-6-9-15-22-17-23(16-10-7-5-2)26(24(18-22)19-25(27)28-3)29-20-21-13-11-8-12-14-21/h8-18H,4-7,19-20H2,1-3H3. The molecule has 154 valence electrons. The molecular formula is C26H32O3. The highest BCUT2D eigenvalue weighted by Crippen LogP contribution is 2.30. The molecule has 0 fully saturated rings. The number of hydrogen-bond acceptors (Lipinski definition) is 3. The smallest absolute Gasteiger partial charge is 0.310 e. The van der Waals surface area contributed by atoms with Gasteiger partial charge in [-0.1, -0.05) is 81.3 Å². The quantitative estimate of drug-likeness (QED) is 0.404. The minimum atomic E-state index is -0.271. The van der Waals surface area contributed by atoms with Gasteiger partial charge in [-0.3, -0.25) is 4.79 Å². The molecule has 2 aromatic carbocycles. The summed E-state index contributed by atoms with van der Waals surface area (Å²) in [4.78, 5) is 12.0. The number of carbonyl (C=O) groups excluding carboxylic acids is 1. The molecule has 0 heterocycles. The number of benzene rings is 2. The van der Waals surface area contributed by atoms with Crippen LogP contribution in [0.4, 0.5) is 0 Å². The predicted octanol–water partition coefficient (Wildman–Crippen LogP) is 6.61. The first-order chi connectivity index (χ1) is 14.2. The zero-order valence-corrected chi connectivity index (χ0v) is 17.8. The number of esters is 1. The summed E-state index contributed by atoms with van der Waals surface area (Å²) in [5.41, 5.74) is 4.00. The van der Waals surface area contributed by atoms with E-state index >= 15 is 0 Å². The Kier molecular flexibility index (Phi) is 9.77. The summed E-state index contributed by atoms with van der Waals surface area (Å²) in [5, 5.41) is 0. The number of rotatable bonds is 11. The number of ether oxygens (including phenoxy) is 2. The van der Waals surface area contributed by atoms with Crippen LogP contribution in [0.2, 0.25) is 0 Å². The zero-order chi connectivity index (χ0) is 20.9. The molecule has 0 atom stereocenters. The molecule has 0 aliphatic rings. The Hall–Kier alpha value is -2.81. The number of hydrogen-bond donors (Lipinski definition) is 0. The number of unbranched alkanes of at least 4 members (excludes halogenated alkanes) is 2. The molecule has 29 heavy (non-hydrogen) atoms. The average Bonchev–Trinajstić information content (AvgIpc) is 2.74. The first-order valence-corrected chi connectivity index (χ1v) is 10.4. The Labute approximate surface area is 175 Å². The van der Waals surface area contributed by atoms with Crippen molar-refractivity contribution in [3.63, 3.8) is 0 Å². The predicted molar refractivity (Wildman–Crippen MR) is 121 cm³/mol. The van der Waals surface area contributed by atoms with Gasteiger partial charge < -0.3 is 9.47 Å². The fourth-order valence-electron chi connectivity index (χ4n) is 2.99. The first-order valence-electron chi connectivity index (χ1n) is 10.4. The van der Waals surface area contributed by atoms with Crippen LogP contribution in [0.3, 0.4) is 0 Å². The van der Waals surface area contributed by atoms with Crippen molar-refractivity contribution >= 4 is 18.1 Å². The third-order valence-electron chi connectivity index (χ3n) is 4.52. The Bertz CT molecular complexity index is 819. The van der Waals surface area contributed by atoms with Gasteiger partial charge in [-0.05, 0) is 36.1 Å². The van der Waals surface area contributed by atoms with Gasteiger partial charge in [0.25, 0.3) is 0 Å². The molecule has 0 aromatic heterocycles. The first kappa shape index (κ1) is 22.5. The van der Waals surface area contributed by atoms with Crippen molar-refractivity contribution in [2.75, 3.05) is 7.11 Å². The van der Waals surface area contributed by atoms with Crippen molar-refractivity contribution in [2.24, 2.45) is 0 Å². The van der Waals surface area contributed by atoms with Gasteiger partial charge in [0.15, 0.2) is 0 Å². The summed E-state index contributed by atoms with van der Waals surface area (Å²) < 4.78 is 11.1. The topological polar surface area (TPSA) is 35.5 Å². The molecule has 2 aromatic rings. The Morgan fingerprint density at radius 2 is 1.66 bits per heavy atom. The van der Waals surface area contributed by atoms with Gasteiger partial charge in [0.2, 0.25) is 0 Å². The summed E-state index contributed by atoms with van der Waals surface area (Å²) in [6.45, 7) is 4.77. The fourth-order valence-corrected chi connectivity index (χ4v) is 2.99. The van der Waals surface area contributed by atoms with Crippen LogP contribution in [0.1, 0.15) is 61.8 Å². The van der Waals surface area contributed by atoms with E-state index in [4.69, 9.17) is 9.47 Å². The highest BCUT2D eigenvalue weighted by molar-refractivity contribution is 5.76. The lowest BCUT2D eigenvalue weighted by Gasteiger charge is -2.16. The average molecular weight is 393 g/mol. The van der Waals surface area contributed by atoms with Crippen molar-refractivity contribution in [3.8, 4) is 5.75 Å². The second-order valence-corrected chi connectivity index (χ2v) is 7.01. The van der Waals surface area contributed by atoms with Crippen LogP contribution < -0.4 is 4.74 Å². The number of allylic oxidation sites excluding steroid dienone is 2. The highest BCUT2D eigenvalue weighted by Gasteiger charge is 2.14. The molecule has 0 bridgehead atoms. The van der Waals surface area contributed by atoms with Crippen LogP contribution in [-0.2, 0) is 22.6 Å². The maximum absolute atomic E-state index is 12.0. The molecule has 0 aliphatic heterocycles. The van der Waals surface area contributed by atoms with Crippen LogP contribution in [0.15, 0.2) is 54.6 Å². The van der Waals surface area contributed by atoms with Crippen LogP contribution in [-0.4, -0.2) is 13.1 Å². The van der Waals surface area contributed by atoms with Crippen molar-refractivity contribution in [1.82, 2.24) is 0 Å². The molecule has 0 N–H and O–H groups in total. The molecule has 3 nitrogen and oxygen atoms in total. The van der Waals surface area contributed by atoms with E-state index in [2.05, 4.69) is 44.2 Å². The maximum atomic E-state index is 12.0. The van der Waals surface area contributed by atoms with Crippen molar-refractivity contribution in [3.05, 3.63) is 76.9 Å². The van der Waals surface area contributed by atoms with E-state index < -0.39 is 0 Å². The van der Waals surface area contributed by atoms with Gasteiger partial charge in [-0.2, -0.15) is 0 Å². The Morgan fingerprint density at radius 3 is 2.31 bits per heavy atom. The molecule has 2 rings (SSSR count). The van der Waals surface area contributed by atoms with Gasteiger partial charge in [-0.15, -0.1) is 0 Å². The number of carbonyl (C=O) groups is 1. The van der Waals surface area contributed by atoms with Crippen LogP contribution >= 0.6 is 0 Å². The van der Waals surface area contributed by atoms with Crippen LogP contribution in [0.5, 0.6) is 5.75 Å². The highest BCUT2D eigenvalue weighted by atomic mass is 16.5. The summed E-state index contributed by atoms with van der Waals surface area (Å²) >= 11 is 0. The minimum Gasteiger partial charge on any atom is -0.488 e. The molecule has 0 unspecified atom stereocenters. The van der Waals surface area contributed by atoms with Crippen LogP contribution in [0.25, 0.3) is 12.2 Å². The van der Waals surface area contributed by atoms with E-state index in [1.807, 2.05) is 36.4 Å². The molecule has 0 saturated heterocycles. The molecule has 0 aliphatic carbocycles. The molecule has 0 radical (unpaired) electrons. The van der Waals surface area contributed by atoms with Crippen molar-refractivity contribution in [2.45, 2.75) is 52.6 Å². The molecule has 0 saturated carbocycles. The lowest BCUT2D eigenvalue weighted by molar-refractivity contribution is -0.139. The zero-order valence-electron chi connectivity index (χ0n) is 17.8. The van der Waals surface area contributed by atoms with Crippen molar-refractivity contribution in [1.29, 1.82) is 0 Å². The molecule has 0 spiro atoms. The van der Waals surface area contributed by atoms with Gasteiger partial charge in [0.05, 0.1) is 13.5 Å². The second-order valence-electron chi connectivity index (χ2n) is 7.01. The Balaban J connectivity index is 2.43. The summed E-state index contributed by atoms with van der Waals surface area (Å²) in [7, 11) is 1.42. The van der Waals surface area contributed by atoms with Gasteiger partial charge in [-0.25, -0.2) is 0 Å². The normalized spacial score (nSPS) is 11.3. The largest absolute Gasteiger partial charge is 0.488 e. The monoisotopic (exact) mass is 392 g/mol. The van der Waals surface area contributed by atoms with E-state index in [-0.39, 0.29) is 12.4 Å². The molecular weight excluding hydrogens is 360 g/mol. The SMILES string of the molecule is CCCC=Cc1cc(C=CCCC)c(OCc2ccccc2)c(CC(=O)OC)c1. The van der Waals surface area contributed by atoms with Crippen molar-refractivity contribution < 1.29 is 14.3 Å². The number of methoxy groups -OCH3 is 1. The maximum Gasteiger partial charge on any atom is 0.310 e. The van der Waals surface area contributed by atoms with Gasteiger partial charge in [0.1, 0.15) is 12.4 Å². The lowest BCUT2D eigenvalue weighted by Crippen LogP contribution is -2.08. The second kappa shape index (κ2) is 12.6. The van der Waals surface area contributed by atoms with Gasteiger partial charge in [0, 0.05) is 11.1 Å². The molecule has 0 amide bonds. The molecule has 3 heteroatoms. The van der Waals surface area contributed by atoms with E-state index in [0.717, 1.165) is 53.7 Å². The van der Waals surface area contributed by atoms with E-state index in [1.165, 1.54) is 7.11 Å². The third-order valence-corrected chi connectivity index (χ3v) is 4.52. The Morgan fingerprint density at radius 1 is 0.966 bits per heavy atom. The summed E-state index contributed by atoms with van der Waals surface area (Å²) in [6, 6.07) is 14.2. The van der Waals surface area contributed by atoms with Gasteiger partial charge >= 0.3 is 5.97 Å². The van der Waals surface area contributed by atoms with E-state index in [0.29, 0.717) is 6.61 Å². The lowest BCUT2D eigenvalue weighted by atomic mass is 10.00. The fraction of sp³-hybridized carbons (Fsp3) is 0.346.